The first kappa shape index (κ1) is 16.9. The fourth-order valence-electron chi connectivity index (χ4n) is 2.97. The second-order valence-electron chi connectivity index (χ2n) is 6.46. The van der Waals surface area contributed by atoms with Crippen LogP contribution in [-0.2, 0) is 0 Å². The van der Waals surface area contributed by atoms with Gasteiger partial charge in [0.25, 0.3) is 5.91 Å². The number of amides is 1. The molecule has 3 aromatic rings. The Morgan fingerprint density at radius 3 is 2.44 bits per heavy atom. The van der Waals surface area contributed by atoms with Crippen molar-refractivity contribution in [2.45, 2.75) is 13.8 Å². The Kier molecular flexibility index (Phi) is 4.38. The molecule has 0 unspecified atom stereocenters. The van der Waals surface area contributed by atoms with Crippen LogP contribution in [0.1, 0.15) is 21.5 Å². The number of ether oxygens (including phenoxy) is 2. The minimum absolute atomic E-state index is 0.192. The van der Waals surface area contributed by atoms with E-state index in [4.69, 9.17) is 9.47 Å². The van der Waals surface area contributed by atoms with Crippen molar-refractivity contribution in [1.29, 1.82) is 0 Å². The van der Waals surface area contributed by atoms with Crippen molar-refractivity contribution >= 4 is 23.1 Å². The van der Waals surface area contributed by atoms with Crippen LogP contribution in [0.3, 0.4) is 0 Å². The molecule has 0 fully saturated rings. The van der Waals surface area contributed by atoms with E-state index < -0.39 is 0 Å². The normalized spacial score (nSPS) is 11.9. The Morgan fingerprint density at radius 2 is 1.70 bits per heavy atom. The molecular weight excluding hydrogens is 342 g/mol. The van der Waals surface area contributed by atoms with Crippen molar-refractivity contribution < 1.29 is 14.3 Å². The second kappa shape index (κ2) is 6.99. The number of aryl methyl sites for hydroxylation is 2. The van der Waals surface area contributed by atoms with E-state index in [1.165, 1.54) is 0 Å². The standard InChI is InChI=1S/C21H19N3O3/c1-13-7-14(2)9-17(8-13)24-21(25)15-3-6-20(22-11-15)23-16-4-5-18-19(10-16)27-12-26-18/h3-11H,12H2,1-2H3,(H,22,23)(H,24,25). The molecule has 1 amide bonds. The van der Waals surface area contributed by atoms with Gasteiger partial charge in [0, 0.05) is 23.6 Å². The van der Waals surface area contributed by atoms with E-state index in [-0.39, 0.29) is 12.7 Å². The predicted octanol–water partition coefficient (Wildman–Crippen LogP) is 4.42. The SMILES string of the molecule is Cc1cc(C)cc(NC(=O)c2ccc(Nc3ccc4c(c3)OCO4)nc2)c1. The minimum atomic E-state index is -0.192. The molecule has 1 aliphatic rings. The molecule has 1 aliphatic heterocycles. The number of fused-ring (bicyclic) bond motifs is 1. The van der Waals surface area contributed by atoms with Crippen LogP contribution in [0, 0.1) is 13.8 Å². The highest BCUT2D eigenvalue weighted by molar-refractivity contribution is 6.04. The highest BCUT2D eigenvalue weighted by Gasteiger charge is 2.13. The van der Waals surface area contributed by atoms with E-state index in [9.17, 15) is 4.79 Å². The molecular formula is C21H19N3O3. The average molecular weight is 361 g/mol. The van der Waals surface area contributed by atoms with Gasteiger partial charge in [0.05, 0.1) is 5.56 Å². The van der Waals surface area contributed by atoms with Crippen molar-refractivity contribution in [3.05, 3.63) is 71.4 Å². The third-order valence-corrected chi connectivity index (χ3v) is 4.15. The first-order valence-electron chi connectivity index (χ1n) is 8.59. The van der Waals surface area contributed by atoms with Crippen LogP contribution in [0.25, 0.3) is 0 Å². The lowest BCUT2D eigenvalue weighted by Gasteiger charge is -2.09. The molecule has 6 nitrogen and oxygen atoms in total. The van der Waals surface area contributed by atoms with Crippen LogP contribution in [-0.4, -0.2) is 17.7 Å². The fourth-order valence-corrected chi connectivity index (χ4v) is 2.97. The molecule has 27 heavy (non-hydrogen) atoms. The van der Waals surface area contributed by atoms with E-state index in [0.29, 0.717) is 17.1 Å². The van der Waals surface area contributed by atoms with Gasteiger partial charge in [-0.2, -0.15) is 0 Å². The Bertz CT molecular complexity index is 980. The van der Waals surface area contributed by atoms with Crippen LogP contribution < -0.4 is 20.1 Å². The molecule has 2 heterocycles. The van der Waals surface area contributed by atoms with Crippen molar-refractivity contribution in [3.63, 3.8) is 0 Å². The summed E-state index contributed by atoms with van der Waals surface area (Å²) in [5.41, 5.74) is 4.31. The number of hydrogen-bond donors (Lipinski definition) is 2. The predicted molar refractivity (Wildman–Crippen MR) is 104 cm³/mol. The number of aromatic nitrogens is 1. The van der Waals surface area contributed by atoms with Gasteiger partial charge >= 0.3 is 0 Å². The average Bonchev–Trinajstić information content (AvgIpc) is 3.09. The van der Waals surface area contributed by atoms with Crippen molar-refractivity contribution in [2.75, 3.05) is 17.4 Å². The molecule has 4 rings (SSSR count). The summed E-state index contributed by atoms with van der Waals surface area (Å²) in [5, 5.41) is 6.09. The van der Waals surface area contributed by atoms with Gasteiger partial charge in [0.2, 0.25) is 6.79 Å². The van der Waals surface area contributed by atoms with Gasteiger partial charge in [-0.15, -0.1) is 0 Å². The molecule has 0 radical (unpaired) electrons. The maximum absolute atomic E-state index is 12.4. The number of rotatable bonds is 4. The van der Waals surface area contributed by atoms with Crippen LogP contribution in [0.2, 0.25) is 0 Å². The highest BCUT2D eigenvalue weighted by Crippen LogP contribution is 2.34. The number of carbonyl (C=O) groups excluding carboxylic acids is 1. The van der Waals surface area contributed by atoms with Crippen LogP contribution in [0.4, 0.5) is 17.2 Å². The van der Waals surface area contributed by atoms with Gasteiger partial charge in [-0.05, 0) is 61.4 Å². The van der Waals surface area contributed by atoms with Gasteiger partial charge in [-0.25, -0.2) is 4.98 Å². The number of nitrogens with zero attached hydrogens (tertiary/aromatic N) is 1. The highest BCUT2D eigenvalue weighted by atomic mass is 16.7. The molecule has 0 atom stereocenters. The molecule has 0 bridgehead atoms. The summed E-state index contributed by atoms with van der Waals surface area (Å²) in [6, 6.07) is 15.0. The molecule has 136 valence electrons. The molecule has 0 saturated heterocycles. The van der Waals surface area contributed by atoms with Gasteiger partial charge in [-0.3, -0.25) is 4.79 Å². The van der Waals surface area contributed by atoms with Gasteiger partial charge in [0.1, 0.15) is 5.82 Å². The lowest BCUT2D eigenvalue weighted by Crippen LogP contribution is -2.12. The van der Waals surface area contributed by atoms with E-state index in [1.54, 1.807) is 18.3 Å². The number of hydrogen-bond acceptors (Lipinski definition) is 5. The monoisotopic (exact) mass is 361 g/mol. The molecule has 1 aromatic heterocycles. The lowest BCUT2D eigenvalue weighted by molar-refractivity contribution is 0.102. The topological polar surface area (TPSA) is 72.5 Å². The number of pyridine rings is 1. The molecule has 0 aliphatic carbocycles. The zero-order valence-corrected chi connectivity index (χ0v) is 15.1. The third-order valence-electron chi connectivity index (χ3n) is 4.15. The Hall–Kier alpha value is -3.54. The first-order chi connectivity index (χ1) is 13.1. The smallest absolute Gasteiger partial charge is 0.257 e. The largest absolute Gasteiger partial charge is 0.454 e. The number of carbonyl (C=O) groups is 1. The maximum atomic E-state index is 12.4. The molecule has 6 heteroatoms. The molecule has 2 N–H and O–H groups in total. The summed E-state index contributed by atoms with van der Waals surface area (Å²) in [4.78, 5) is 16.8. The van der Waals surface area contributed by atoms with Crippen LogP contribution >= 0.6 is 0 Å². The van der Waals surface area contributed by atoms with Gasteiger partial charge in [-0.1, -0.05) is 6.07 Å². The Morgan fingerprint density at radius 1 is 0.926 bits per heavy atom. The second-order valence-corrected chi connectivity index (χ2v) is 6.46. The van der Waals surface area contributed by atoms with Gasteiger partial charge < -0.3 is 20.1 Å². The Balaban J connectivity index is 1.44. The summed E-state index contributed by atoms with van der Waals surface area (Å²) in [5.74, 6) is 1.87. The minimum Gasteiger partial charge on any atom is -0.454 e. The zero-order chi connectivity index (χ0) is 18.8. The van der Waals surface area contributed by atoms with E-state index in [1.807, 2.05) is 44.2 Å². The summed E-state index contributed by atoms with van der Waals surface area (Å²) in [6.45, 7) is 4.24. The molecule has 2 aromatic carbocycles. The summed E-state index contributed by atoms with van der Waals surface area (Å²) in [7, 11) is 0. The van der Waals surface area contributed by atoms with Gasteiger partial charge in [0.15, 0.2) is 11.5 Å². The third kappa shape index (κ3) is 3.84. The first-order valence-corrected chi connectivity index (χ1v) is 8.59. The zero-order valence-electron chi connectivity index (χ0n) is 15.1. The summed E-state index contributed by atoms with van der Waals surface area (Å²) >= 11 is 0. The lowest BCUT2D eigenvalue weighted by atomic mass is 10.1. The number of anilines is 3. The van der Waals surface area contributed by atoms with Crippen LogP contribution in [0.15, 0.2) is 54.7 Å². The Labute approximate surface area is 157 Å². The summed E-state index contributed by atoms with van der Waals surface area (Å²) < 4.78 is 10.7. The van der Waals surface area contributed by atoms with Crippen molar-refractivity contribution in [3.8, 4) is 11.5 Å². The van der Waals surface area contributed by atoms with E-state index in [2.05, 4.69) is 21.7 Å². The van der Waals surface area contributed by atoms with Crippen LogP contribution in [0.5, 0.6) is 11.5 Å². The molecule has 0 saturated carbocycles. The quantitative estimate of drug-likeness (QED) is 0.719. The number of nitrogens with one attached hydrogen (secondary N) is 2. The molecule has 0 spiro atoms. The number of benzene rings is 2. The van der Waals surface area contributed by atoms with E-state index >= 15 is 0 Å². The van der Waals surface area contributed by atoms with Crippen molar-refractivity contribution in [2.24, 2.45) is 0 Å². The van der Waals surface area contributed by atoms with E-state index in [0.717, 1.165) is 28.3 Å². The maximum Gasteiger partial charge on any atom is 0.257 e. The summed E-state index contributed by atoms with van der Waals surface area (Å²) in [6.07, 6.45) is 1.55. The van der Waals surface area contributed by atoms with Crippen molar-refractivity contribution in [1.82, 2.24) is 4.98 Å². The fraction of sp³-hybridized carbons (Fsp3) is 0.143.